The van der Waals surface area contributed by atoms with Gasteiger partial charge in [0.1, 0.15) is 13.2 Å². The quantitative estimate of drug-likeness (QED) is 0.618. The van der Waals surface area contributed by atoms with Gasteiger partial charge in [-0.2, -0.15) is 0 Å². The molecule has 7 nitrogen and oxygen atoms in total. The van der Waals surface area contributed by atoms with Crippen LogP contribution in [0.5, 0.6) is 11.5 Å². The molecular weight excluding hydrogens is 418 g/mol. The Balaban J connectivity index is 1.25. The van der Waals surface area contributed by atoms with Crippen molar-refractivity contribution in [2.75, 3.05) is 19.8 Å². The first-order chi connectivity index (χ1) is 16.1. The average molecular weight is 446 g/mol. The maximum atomic E-state index is 13.3. The fraction of sp³-hybridized carbons (Fsp3) is 0.423. The lowest BCUT2D eigenvalue weighted by Crippen LogP contribution is -2.47. The monoisotopic (exact) mass is 445 g/mol. The highest BCUT2D eigenvalue weighted by Gasteiger charge is 2.43. The molecule has 0 atom stereocenters. The molecule has 1 amide bonds. The van der Waals surface area contributed by atoms with E-state index >= 15 is 0 Å². The van der Waals surface area contributed by atoms with Crippen LogP contribution in [0.25, 0.3) is 10.9 Å². The molecule has 3 aromatic rings. The maximum Gasteiger partial charge on any atom is 0.261 e. The first-order valence-corrected chi connectivity index (χ1v) is 11.8. The van der Waals surface area contributed by atoms with Gasteiger partial charge >= 0.3 is 0 Å². The topological polar surface area (TPSA) is 73.7 Å². The van der Waals surface area contributed by atoms with Crippen molar-refractivity contribution in [1.82, 2.24) is 14.5 Å². The number of carbonyl (C=O) groups is 1. The third kappa shape index (κ3) is 3.46. The second-order valence-corrected chi connectivity index (χ2v) is 9.40. The van der Waals surface area contributed by atoms with E-state index in [1.807, 2.05) is 23.1 Å². The van der Waals surface area contributed by atoms with Gasteiger partial charge in [-0.05, 0) is 48.2 Å². The zero-order valence-corrected chi connectivity index (χ0v) is 18.6. The fourth-order valence-corrected chi connectivity index (χ4v) is 5.76. The highest BCUT2D eigenvalue weighted by Crippen LogP contribution is 2.49. The summed E-state index contributed by atoms with van der Waals surface area (Å²) in [6.07, 6.45) is 6.33. The summed E-state index contributed by atoms with van der Waals surface area (Å²) in [6, 6.07) is 11.5. The molecule has 7 heteroatoms. The van der Waals surface area contributed by atoms with Gasteiger partial charge in [-0.15, -0.1) is 0 Å². The molecule has 0 saturated heterocycles. The van der Waals surface area contributed by atoms with Gasteiger partial charge in [0.15, 0.2) is 11.5 Å². The highest BCUT2D eigenvalue weighted by atomic mass is 16.6. The molecule has 1 aromatic heterocycles. The summed E-state index contributed by atoms with van der Waals surface area (Å²) in [5.41, 5.74) is 3.04. The van der Waals surface area contributed by atoms with E-state index in [-0.39, 0.29) is 23.3 Å². The third-order valence-electron chi connectivity index (χ3n) is 7.41. The molecule has 1 saturated carbocycles. The molecule has 1 fully saturated rings. The Morgan fingerprint density at radius 3 is 2.64 bits per heavy atom. The molecular formula is C26H27N3O4. The van der Waals surface area contributed by atoms with Crippen LogP contribution in [-0.4, -0.2) is 40.1 Å². The van der Waals surface area contributed by atoms with Gasteiger partial charge < -0.3 is 14.4 Å². The van der Waals surface area contributed by atoms with Crippen LogP contribution in [0, 0.1) is 0 Å². The van der Waals surface area contributed by atoms with Crippen molar-refractivity contribution in [1.29, 1.82) is 0 Å². The summed E-state index contributed by atoms with van der Waals surface area (Å²) >= 11 is 0. The van der Waals surface area contributed by atoms with Crippen LogP contribution >= 0.6 is 0 Å². The van der Waals surface area contributed by atoms with E-state index in [2.05, 4.69) is 17.1 Å². The lowest BCUT2D eigenvalue weighted by atomic mass is 9.73. The van der Waals surface area contributed by atoms with E-state index < -0.39 is 0 Å². The number of aryl methyl sites for hydroxylation is 1. The molecule has 0 radical (unpaired) electrons. The van der Waals surface area contributed by atoms with Crippen molar-refractivity contribution in [3.63, 3.8) is 0 Å². The SMILES string of the molecule is O=C(CCn1cnc2ccccc2c1=O)N1Cc2cc3c(cc2C2(CCCC2)C1)OCCO3. The first kappa shape index (κ1) is 20.3. The minimum absolute atomic E-state index is 0.0135. The van der Waals surface area contributed by atoms with Gasteiger partial charge in [0.05, 0.1) is 17.2 Å². The van der Waals surface area contributed by atoms with E-state index in [0.29, 0.717) is 37.2 Å². The Labute approximate surface area is 191 Å². The predicted molar refractivity (Wildman–Crippen MR) is 124 cm³/mol. The van der Waals surface area contributed by atoms with Crippen molar-refractivity contribution in [3.05, 3.63) is 64.2 Å². The Morgan fingerprint density at radius 2 is 1.82 bits per heavy atom. The number of ether oxygens (including phenoxy) is 2. The van der Waals surface area contributed by atoms with E-state index in [4.69, 9.17) is 9.47 Å². The number of carbonyl (C=O) groups excluding carboxylic acids is 1. The molecule has 2 aliphatic heterocycles. The molecule has 1 aliphatic carbocycles. The molecule has 3 heterocycles. The van der Waals surface area contributed by atoms with Gasteiger partial charge in [-0.25, -0.2) is 4.98 Å². The standard InChI is InChI=1S/C26H27N3O4/c30-24(7-10-28-17-27-21-6-2-1-5-19(21)25(28)31)29-15-18-13-22-23(33-12-11-32-22)14-20(18)26(16-29)8-3-4-9-26/h1-2,5-6,13-14,17H,3-4,7-12,15-16H2. The molecule has 2 aromatic carbocycles. The summed E-state index contributed by atoms with van der Waals surface area (Å²) in [4.78, 5) is 32.5. The summed E-state index contributed by atoms with van der Waals surface area (Å²) in [5, 5.41) is 0.580. The molecule has 0 N–H and O–H groups in total. The van der Waals surface area contributed by atoms with Crippen molar-refractivity contribution < 1.29 is 14.3 Å². The predicted octanol–water partition coefficient (Wildman–Crippen LogP) is 3.41. The van der Waals surface area contributed by atoms with Crippen LogP contribution in [0.1, 0.15) is 43.2 Å². The van der Waals surface area contributed by atoms with Gasteiger partial charge in [-0.1, -0.05) is 25.0 Å². The summed E-state index contributed by atoms with van der Waals surface area (Å²) in [7, 11) is 0. The Morgan fingerprint density at radius 1 is 1.06 bits per heavy atom. The molecule has 33 heavy (non-hydrogen) atoms. The van der Waals surface area contributed by atoms with Gasteiger partial charge in [-0.3, -0.25) is 14.2 Å². The largest absolute Gasteiger partial charge is 0.486 e. The van der Waals surface area contributed by atoms with Gasteiger partial charge in [0.25, 0.3) is 5.56 Å². The molecule has 6 rings (SSSR count). The smallest absolute Gasteiger partial charge is 0.261 e. The third-order valence-corrected chi connectivity index (χ3v) is 7.41. The number of hydrogen-bond acceptors (Lipinski definition) is 5. The van der Waals surface area contributed by atoms with Crippen molar-refractivity contribution in [2.24, 2.45) is 0 Å². The number of benzene rings is 2. The summed E-state index contributed by atoms with van der Waals surface area (Å²) in [6.45, 7) is 2.74. The number of hydrogen-bond donors (Lipinski definition) is 0. The zero-order valence-electron chi connectivity index (χ0n) is 18.6. The summed E-state index contributed by atoms with van der Waals surface area (Å²) in [5.74, 6) is 1.67. The Bertz CT molecular complexity index is 1290. The van der Waals surface area contributed by atoms with Crippen LogP contribution in [-0.2, 0) is 23.3 Å². The minimum atomic E-state index is -0.103. The maximum absolute atomic E-state index is 13.3. The van der Waals surface area contributed by atoms with Crippen LogP contribution in [0.2, 0.25) is 0 Å². The molecule has 0 bridgehead atoms. The molecule has 1 spiro atoms. The van der Waals surface area contributed by atoms with Crippen LogP contribution < -0.4 is 15.0 Å². The van der Waals surface area contributed by atoms with Gasteiger partial charge in [0, 0.05) is 31.5 Å². The Kier molecular flexibility index (Phi) is 4.85. The number of aromatic nitrogens is 2. The fourth-order valence-electron chi connectivity index (χ4n) is 5.76. The van der Waals surface area contributed by atoms with Crippen molar-refractivity contribution in [3.8, 4) is 11.5 Å². The van der Waals surface area contributed by atoms with E-state index in [1.165, 1.54) is 18.4 Å². The summed E-state index contributed by atoms with van der Waals surface area (Å²) < 4.78 is 13.2. The number of amides is 1. The number of fused-ring (bicyclic) bond motifs is 4. The lowest BCUT2D eigenvalue weighted by molar-refractivity contribution is -0.133. The lowest BCUT2D eigenvalue weighted by Gasteiger charge is -2.43. The number of nitrogens with zero attached hydrogens (tertiary/aromatic N) is 3. The van der Waals surface area contributed by atoms with E-state index in [0.717, 1.165) is 36.4 Å². The van der Waals surface area contributed by atoms with Crippen LogP contribution in [0.15, 0.2) is 47.5 Å². The highest BCUT2D eigenvalue weighted by molar-refractivity contribution is 5.78. The molecule has 0 unspecified atom stereocenters. The average Bonchev–Trinajstić information content (AvgIpc) is 3.31. The van der Waals surface area contributed by atoms with Crippen molar-refractivity contribution in [2.45, 2.75) is 50.6 Å². The van der Waals surface area contributed by atoms with Crippen LogP contribution in [0.3, 0.4) is 0 Å². The number of rotatable bonds is 3. The van der Waals surface area contributed by atoms with E-state index in [9.17, 15) is 9.59 Å². The number of para-hydroxylation sites is 1. The minimum Gasteiger partial charge on any atom is -0.486 e. The molecule has 170 valence electrons. The second-order valence-electron chi connectivity index (χ2n) is 9.40. The van der Waals surface area contributed by atoms with Gasteiger partial charge in [0.2, 0.25) is 5.91 Å². The van der Waals surface area contributed by atoms with Crippen molar-refractivity contribution >= 4 is 16.8 Å². The van der Waals surface area contributed by atoms with E-state index in [1.54, 1.807) is 17.0 Å². The molecule has 3 aliphatic rings. The van der Waals surface area contributed by atoms with Crippen LogP contribution in [0.4, 0.5) is 0 Å². The Hall–Kier alpha value is -3.35. The zero-order chi connectivity index (χ0) is 22.4. The normalized spacial score (nSPS) is 18.5. The first-order valence-electron chi connectivity index (χ1n) is 11.8. The second kappa shape index (κ2) is 7.90.